The molecule has 5 nitrogen and oxygen atoms in total. The Hall–Kier alpha value is -1.59. The lowest BCUT2D eigenvalue weighted by molar-refractivity contribution is 0.102. The van der Waals surface area contributed by atoms with Crippen LogP contribution in [0.4, 0.5) is 4.79 Å². The van der Waals surface area contributed by atoms with Crippen molar-refractivity contribution >= 4 is 6.09 Å². The number of carbonyl (C=O) groups is 1. The predicted molar refractivity (Wildman–Crippen MR) is 85.5 cm³/mol. The van der Waals surface area contributed by atoms with E-state index >= 15 is 0 Å². The Bertz CT molecular complexity index is 452. The number of amides is 1. The van der Waals surface area contributed by atoms with Crippen LogP contribution in [0.1, 0.15) is 31.2 Å². The van der Waals surface area contributed by atoms with Crippen molar-refractivity contribution in [1.29, 1.82) is 0 Å². The molecule has 0 aromatic heterocycles. The molecular weight excluding hydrogens is 280 g/mol. The summed E-state index contributed by atoms with van der Waals surface area (Å²) in [7, 11) is 2.00. The number of alkyl carbamates (subject to hydrolysis) is 1. The van der Waals surface area contributed by atoms with Crippen LogP contribution in [0.3, 0.4) is 0 Å². The molecule has 0 spiro atoms. The van der Waals surface area contributed by atoms with Crippen LogP contribution in [0.25, 0.3) is 0 Å². The van der Waals surface area contributed by atoms with Crippen LogP contribution in [0.5, 0.6) is 0 Å². The third-order valence-electron chi connectivity index (χ3n) is 4.26. The van der Waals surface area contributed by atoms with E-state index < -0.39 is 0 Å². The molecule has 0 radical (unpaired) electrons. The molecule has 1 aromatic carbocycles. The molecule has 0 bridgehead atoms. The summed E-state index contributed by atoms with van der Waals surface area (Å²) in [5, 5.41) is 12.1. The Morgan fingerprint density at radius 1 is 1.32 bits per heavy atom. The Balaban J connectivity index is 1.83. The van der Waals surface area contributed by atoms with Crippen LogP contribution in [0.2, 0.25) is 0 Å². The lowest BCUT2D eigenvalue weighted by atomic mass is 9.89. The van der Waals surface area contributed by atoms with Crippen molar-refractivity contribution in [1.82, 2.24) is 10.2 Å². The summed E-state index contributed by atoms with van der Waals surface area (Å²) in [5.74, 6) is 0. The highest BCUT2D eigenvalue weighted by molar-refractivity contribution is 5.67. The standard InChI is InChI=1S/C17H26N2O3/c1-19(11-12-20)16-10-6-5-9-15(16)18-17(21)22-13-14-7-3-2-4-8-14/h2-4,7-8,15-16,20H,5-6,9-13H2,1H3,(H,18,21)/t15-,16-/m0/s1. The number of aliphatic hydroxyl groups is 1. The summed E-state index contributed by atoms with van der Waals surface area (Å²) in [6, 6.07) is 10.0. The van der Waals surface area contributed by atoms with Gasteiger partial charge in [-0.1, -0.05) is 43.2 Å². The zero-order valence-corrected chi connectivity index (χ0v) is 13.2. The molecule has 5 heteroatoms. The maximum atomic E-state index is 12.0. The highest BCUT2D eigenvalue weighted by atomic mass is 16.5. The summed E-state index contributed by atoms with van der Waals surface area (Å²) in [4.78, 5) is 14.1. The van der Waals surface area contributed by atoms with Gasteiger partial charge in [-0.05, 0) is 25.5 Å². The molecule has 2 rings (SSSR count). The number of nitrogens with zero attached hydrogens (tertiary/aromatic N) is 1. The van der Waals surface area contributed by atoms with E-state index in [1.807, 2.05) is 37.4 Å². The average Bonchev–Trinajstić information content (AvgIpc) is 2.54. The Kier molecular flexibility index (Phi) is 6.68. The molecule has 0 saturated heterocycles. The quantitative estimate of drug-likeness (QED) is 0.845. The zero-order valence-electron chi connectivity index (χ0n) is 13.2. The number of hydrogen-bond acceptors (Lipinski definition) is 4. The SMILES string of the molecule is CN(CCO)[C@H]1CCCC[C@@H]1NC(=O)OCc1ccccc1. The number of benzene rings is 1. The molecule has 0 unspecified atom stereocenters. The van der Waals surface area contributed by atoms with Gasteiger partial charge < -0.3 is 15.2 Å². The van der Waals surface area contributed by atoms with Gasteiger partial charge in [0, 0.05) is 18.6 Å². The summed E-state index contributed by atoms with van der Waals surface area (Å²) in [5.41, 5.74) is 0.982. The molecule has 1 saturated carbocycles. The number of ether oxygens (including phenoxy) is 1. The fraction of sp³-hybridized carbons (Fsp3) is 0.588. The number of nitrogens with one attached hydrogen (secondary N) is 1. The first-order chi connectivity index (χ1) is 10.7. The molecule has 1 aliphatic rings. The van der Waals surface area contributed by atoms with E-state index in [0.29, 0.717) is 6.54 Å². The minimum atomic E-state index is -0.363. The van der Waals surface area contributed by atoms with Crippen LogP contribution in [-0.2, 0) is 11.3 Å². The van der Waals surface area contributed by atoms with Gasteiger partial charge >= 0.3 is 6.09 Å². The second-order valence-corrected chi connectivity index (χ2v) is 5.87. The zero-order chi connectivity index (χ0) is 15.8. The maximum absolute atomic E-state index is 12.0. The second-order valence-electron chi connectivity index (χ2n) is 5.87. The van der Waals surface area contributed by atoms with Crippen LogP contribution < -0.4 is 5.32 Å². The first-order valence-electron chi connectivity index (χ1n) is 7.99. The van der Waals surface area contributed by atoms with E-state index in [1.54, 1.807) is 0 Å². The molecule has 1 aliphatic carbocycles. The maximum Gasteiger partial charge on any atom is 0.407 e. The number of carbonyl (C=O) groups excluding carboxylic acids is 1. The van der Waals surface area contributed by atoms with Crippen LogP contribution >= 0.6 is 0 Å². The summed E-state index contributed by atoms with van der Waals surface area (Å²) >= 11 is 0. The molecule has 0 heterocycles. The third kappa shape index (κ3) is 5.00. The number of likely N-dealkylation sites (N-methyl/N-ethyl adjacent to an activating group) is 1. The van der Waals surface area contributed by atoms with Gasteiger partial charge in [0.05, 0.1) is 6.61 Å². The van der Waals surface area contributed by atoms with Crippen LogP contribution in [0, 0.1) is 0 Å². The molecule has 22 heavy (non-hydrogen) atoms. The van der Waals surface area contributed by atoms with Crippen molar-refractivity contribution in [2.75, 3.05) is 20.2 Å². The van der Waals surface area contributed by atoms with Crippen LogP contribution in [0.15, 0.2) is 30.3 Å². The monoisotopic (exact) mass is 306 g/mol. The van der Waals surface area contributed by atoms with Crippen molar-refractivity contribution in [3.63, 3.8) is 0 Å². The Labute approximate surface area is 132 Å². The van der Waals surface area contributed by atoms with E-state index in [0.717, 1.165) is 31.2 Å². The van der Waals surface area contributed by atoms with Gasteiger partial charge in [-0.25, -0.2) is 4.79 Å². The summed E-state index contributed by atoms with van der Waals surface area (Å²) in [6.45, 7) is 1.05. The van der Waals surface area contributed by atoms with E-state index in [1.165, 1.54) is 0 Å². The second kappa shape index (κ2) is 8.76. The molecule has 1 amide bonds. The Morgan fingerprint density at radius 2 is 2.05 bits per heavy atom. The molecule has 1 fully saturated rings. The minimum Gasteiger partial charge on any atom is -0.445 e. The van der Waals surface area contributed by atoms with Crippen LogP contribution in [-0.4, -0.2) is 48.4 Å². The lowest BCUT2D eigenvalue weighted by Gasteiger charge is -2.37. The van der Waals surface area contributed by atoms with E-state index in [-0.39, 0.29) is 31.4 Å². The fourth-order valence-electron chi connectivity index (χ4n) is 3.05. The topological polar surface area (TPSA) is 61.8 Å². The van der Waals surface area contributed by atoms with Crippen molar-refractivity contribution in [3.8, 4) is 0 Å². The van der Waals surface area contributed by atoms with Gasteiger partial charge in [0.2, 0.25) is 0 Å². The Morgan fingerprint density at radius 3 is 2.77 bits per heavy atom. The van der Waals surface area contributed by atoms with Crippen molar-refractivity contribution in [2.24, 2.45) is 0 Å². The first-order valence-corrected chi connectivity index (χ1v) is 7.99. The van der Waals surface area contributed by atoms with Gasteiger partial charge in [0.25, 0.3) is 0 Å². The first kappa shape index (κ1) is 16.8. The van der Waals surface area contributed by atoms with E-state index in [2.05, 4.69) is 10.2 Å². The van der Waals surface area contributed by atoms with Gasteiger partial charge in [-0.15, -0.1) is 0 Å². The average molecular weight is 306 g/mol. The summed E-state index contributed by atoms with van der Waals surface area (Å²) < 4.78 is 5.30. The third-order valence-corrected chi connectivity index (χ3v) is 4.26. The highest BCUT2D eigenvalue weighted by Gasteiger charge is 2.29. The molecule has 2 N–H and O–H groups in total. The lowest BCUT2D eigenvalue weighted by Crippen LogP contribution is -2.52. The van der Waals surface area contributed by atoms with Crippen molar-refractivity contribution < 1.29 is 14.6 Å². The number of hydrogen-bond donors (Lipinski definition) is 2. The largest absolute Gasteiger partial charge is 0.445 e. The van der Waals surface area contributed by atoms with Gasteiger partial charge in [-0.3, -0.25) is 4.90 Å². The fourth-order valence-corrected chi connectivity index (χ4v) is 3.05. The molecule has 0 aliphatic heterocycles. The summed E-state index contributed by atoms with van der Waals surface area (Å²) in [6.07, 6.45) is 3.92. The van der Waals surface area contributed by atoms with Gasteiger partial charge in [-0.2, -0.15) is 0 Å². The van der Waals surface area contributed by atoms with Crippen molar-refractivity contribution in [2.45, 2.75) is 44.4 Å². The molecule has 1 aromatic rings. The number of aliphatic hydroxyl groups excluding tert-OH is 1. The smallest absolute Gasteiger partial charge is 0.407 e. The molecule has 122 valence electrons. The molecular formula is C17H26N2O3. The van der Waals surface area contributed by atoms with E-state index in [9.17, 15) is 4.79 Å². The van der Waals surface area contributed by atoms with Gasteiger partial charge in [0.1, 0.15) is 6.61 Å². The molecule has 2 atom stereocenters. The van der Waals surface area contributed by atoms with E-state index in [4.69, 9.17) is 9.84 Å². The highest BCUT2D eigenvalue weighted by Crippen LogP contribution is 2.22. The minimum absolute atomic E-state index is 0.0913. The van der Waals surface area contributed by atoms with Crippen molar-refractivity contribution in [3.05, 3.63) is 35.9 Å². The number of rotatable bonds is 6. The van der Waals surface area contributed by atoms with Gasteiger partial charge in [0.15, 0.2) is 0 Å². The predicted octanol–water partition coefficient (Wildman–Crippen LogP) is 2.15. The normalized spacial score (nSPS) is 21.6.